The van der Waals surface area contributed by atoms with Crippen molar-refractivity contribution >= 4 is 33.4 Å². The number of nitrogens with zero attached hydrogens (tertiary/aromatic N) is 1. The number of rotatable bonds is 3. The Kier molecular flexibility index (Phi) is 6.00. The summed E-state index contributed by atoms with van der Waals surface area (Å²) in [6.07, 6.45) is 1.64. The summed E-state index contributed by atoms with van der Waals surface area (Å²) in [6, 6.07) is 11.7. The lowest BCUT2D eigenvalue weighted by molar-refractivity contribution is -0.121. The molecule has 142 valence electrons. The number of aryl methyl sites for hydroxylation is 3. The van der Waals surface area contributed by atoms with Gasteiger partial charge in [-0.05, 0) is 63.4 Å². The Morgan fingerprint density at radius 1 is 1.07 bits per heavy atom. The molecule has 1 heterocycles. The molecule has 0 spiro atoms. The molecule has 5 heteroatoms. The van der Waals surface area contributed by atoms with Gasteiger partial charge >= 0.3 is 0 Å². The van der Waals surface area contributed by atoms with Crippen molar-refractivity contribution < 1.29 is 9.59 Å². The van der Waals surface area contributed by atoms with Crippen LogP contribution in [0.15, 0.2) is 40.9 Å². The van der Waals surface area contributed by atoms with Gasteiger partial charge in [0.1, 0.15) is 0 Å². The molecule has 1 atom stereocenters. The molecule has 2 aromatic rings. The van der Waals surface area contributed by atoms with Gasteiger partial charge in [0.05, 0.1) is 5.92 Å². The third kappa shape index (κ3) is 4.78. The van der Waals surface area contributed by atoms with Crippen LogP contribution in [0.5, 0.6) is 0 Å². The molecule has 3 rings (SSSR count). The molecule has 1 fully saturated rings. The number of benzene rings is 2. The summed E-state index contributed by atoms with van der Waals surface area (Å²) in [5, 5.41) is 3.03. The van der Waals surface area contributed by atoms with E-state index in [0.717, 1.165) is 39.7 Å². The van der Waals surface area contributed by atoms with Crippen LogP contribution in [0.3, 0.4) is 0 Å². The van der Waals surface area contributed by atoms with Crippen LogP contribution in [0.1, 0.15) is 39.9 Å². The van der Waals surface area contributed by atoms with Crippen LogP contribution < -0.4 is 5.32 Å². The molecular weight excluding hydrogens is 404 g/mol. The van der Waals surface area contributed by atoms with Crippen LogP contribution in [-0.2, 0) is 4.79 Å². The fraction of sp³-hybridized carbons (Fsp3) is 0.364. The Morgan fingerprint density at radius 3 is 2.48 bits per heavy atom. The topological polar surface area (TPSA) is 49.4 Å². The number of carbonyl (C=O) groups is 2. The highest BCUT2D eigenvalue weighted by atomic mass is 79.9. The van der Waals surface area contributed by atoms with Crippen LogP contribution in [-0.4, -0.2) is 29.8 Å². The number of halogens is 1. The smallest absolute Gasteiger partial charge is 0.253 e. The highest BCUT2D eigenvalue weighted by Crippen LogP contribution is 2.24. The Balaban J connectivity index is 1.70. The molecule has 2 aromatic carbocycles. The number of piperidine rings is 1. The normalized spacial score (nSPS) is 16.9. The maximum absolute atomic E-state index is 12.9. The van der Waals surface area contributed by atoms with Crippen molar-refractivity contribution in [3.8, 4) is 0 Å². The molecule has 4 nitrogen and oxygen atoms in total. The van der Waals surface area contributed by atoms with E-state index in [4.69, 9.17) is 0 Å². The second kappa shape index (κ2) is 8.26. The van der Waals surface area contributed by atoms with Gasteiger partial charge < -0.3 is 10.2 Å². The lowest BCUT2D eigenvalue weighted by atomic mass is 9.95. The minimum Gasteiger partial charge on any atom is -0.338 e. The molecule has 1 saturated heterocycles. The molecular formula is C22H25BrN2O2. The van der Waals surface area contributed by atoms with Gasteiger partial charge in [-0.3, -0.25) is 9.59 Å². The highest BCUT2D eigenvalue weighted by Gasteiger charge is 2.29. The molecule has 1 unspecified atom stereocenters. The molecule has 0 saturated carbocycles. The molecule has 1 aliphatic rings. The first-order valence-corrected chi connectivity index (χ1v) is 10.1. The molecule has 0 aromatic heterocycles. The lowest BCUT2D eigenvalue weighted by Gasteiger charge is -2.32. The van der Waals surface area contributed by atoms with E-state index in [0.29, 0.717) is 18.7 Å². The first kappa shape index (κ1) is 19.6. The fourth-order valence-corrected chi connectivity index (χ4v) is 3.98. The Bertz CT molecular complexity index is 858. The summed E-state index contributed by atoms with van der Waals surface area (Å²) >= 11 is 3.44. The Labute approximate surface area is 169 Å². The number of hydrogen-bond acceptors (Lipinski definition) is 2. The summed E-state index contributed by atoms with van der Waals surface area (Å²) < 4.78 is 0.929. The zero-order chi connectivity index (χ0) is 19.6. The zero-order valence-electron chi connectivity index (χ0n) is 16.0. The monoisotopic (exact) mass is 428 g/mol. The predicted octanol–water partition coefficient (Wildman–Crippen LogP) is 4.87. The van der Waals surface area contributed by atoms with E-state index in [2.05, 4.69) is 27.3 Å². The van der Waals surface area contributed by atoms with Crippen molar-refractivity contribution in [2.24, 2.45) is 5.92 Å². The SMILES string of the molecule is Cc1cc(C)cc(C(=O)N2CCCC(C(=O)Nc3cc(Br)ccc3C)C2)c1. The largest absolute Gasteiger partial charge is 0.338 e. The molecule has 2 amide bonds. The number of carbonyl (C=O) groups excluding carboxylic acids is 2. The van der Waals surface area contributed by atoms with Crippen LogP contribution >= 0.6 is 15.9 Å². The van der Waals surface area contributed by atoms with E-state index in [1.165, 1.54) is 0 Å². The molecule has 27 heavy (non-hydrogen) atoms. The summed E-state index contributed by atoms with van der Waals surface area (Å²) in [4.78, 5) is 27.5. The molecule has 1 N–H and O–H groups in total. The van der Waals surface area contributed by atoms with Crippen molar-refractivity contribution in [1.29, 1.82) is 0 Å². The second-order valence-electron chi connectivity index (χ2n) is 7.42. The molecule has 0 aliphatic carbocycles. The second-order valence-corrected chi connectivity index (χ2v) is 8.33. The Hall–Kier alpha value is -2.14. The van der Waals surface area contributed by atoms with Crippen LogP contribution in [0.2, 0.25) is 0 Å². The number of hydrogen-bond donors (Lipinski definition) is 1. The standard InChI is InChI=1S/C22H25BrN2O2/c1-14-9-15(2)11-18(10-14)22(27)25-8-4-5-17(13-25)21(26)24-20-12-19(23)7-6-16(20)3/h6-7,9-12,17H,4-5,8,13H2,1-3H3,(H,24,26). The van der Waals surface area contributed by atoms with Gasteiger partial charge in [-0.1, -0.05) is 39.2 Å². The van der Waals surface area contributed by atoms with Crippen LogP contribution in [0, 0.1) is 26.7 Å². The van der Waals surface area contributed by atoms with Crippen molar-refractivity contribution in [3.63, 3.8) is 0 Å². The third-order valence-corrected chi connectivity index (χ3v) is 5.50. The van der Waals surface area contributed by atoms with E-state index in [1.54, 1.807) is 0 Å². The van der Waals surface area contributed by atoms with Crippen molar-refractivity contribution in [1.82, 2.24) is 4.90 Å². The van der Waals surface area contributed by atoms with Gasteiger partial charge in [-0.2, -0.15) is 0 Å². The van der Waals surface area contributed by atoms with E-state index in [9.17, 15) is 9.59 Å². The van der Waals surface area contributed by atoms with Crippen LogP contribution in [0.4, 0.5) is 5.69 Å². The number of amides is 2. The van der Waals surface area contributed by atoms with E-state index in [1.807, 2.05) is 56.0 Å². The quantitative estimate of drug-likeness (QED) is 0.757. The summed E-state index contributed by atoms with van der Waals surface area (Å²) in [5.41, 5.74) is 4.69. The maximum atomic E-state index is 12.9. The van der Waals surface area contributed by atoms with E-state index < -0.39 is 0 Å². The molecule has 0 bridgehead atoms. The van der Waals surface area contributed by atoms with Gasteiger partial charge in [0.15, 0.2) is 0 Å². The van der Waals surface area contributed by atoms with E-state index in [-0.39, 0.29) is 17.7 Å². The number of likely N-dealkylation sites (tertiary alicyclic amines) is 1. The van der Waals surface area contributed by atoms with Crippen molar-refractivity contribution in [2.45, 2.75) is 33.6 Å². The lowest BCUT2D eigenvalue weighted by Crippen LogP contribution is -2.43. The fourth-order valence-electron chi connectivity index (χ4n) is 3.62. The first-order valence-electron chi connectivity index (χ1n) is 9.28. The van der Waals surface area contributed by atoms with E-state index >= 15 is 0 Å². The maximum Gasteiger partial charge on any atom is 0.253 e. The summed E-state index contributed by atoms with van der Waals surface area (Å²) in [7, 11) is 0. The zero-order valence-corrected chi connectivity index (χ0v) is 17.6. The number of anilines is 1. The number of nitrogens with one attached hydrogen (secondary N) is 1. The highest BCUT2D eigenvalue weighted by molar-refractivity contribution is 9.10. The minimum absolute atomic E-state index is 0.0120. The molecule has 0 radical (unpaired) electrons. The van der Waals surface area contributed by atoms with Gasteiger partial charge in [-0.25, -0.2) is 0 Å². The first-order chi connectivity index (χ1) is 12.8. The van der Waals surface area contributed by atoms with Gasteiger partial charge in [0, 0.05) is 28.8 Å². The van der Waals surface area contributed by atoms with Gasteiger partial charge in [0.25, 0.3) is 5.91 Å². The van der Waals surface area contributed by atoms with Crippen molar-refractivity contribution in [3.05, 3.63) is 63.1 Å². The minimum atomic E-state index is -0.188. The Morgan fingerprint density at radius 2 is 1.78 bits per heavy atom. The van der Waals surface area contributed by atoms with Gasteiger partial charge in [-0.15, -0.1) is 0 Å². The average Bonchev–Trinajstić information content (AvgIpc) is 2.63. The summed E-state index contributed by atoms with van der Waals surface area (Å²) in [6.45, 7) is 7.13. The predicted molar refractivity (Wildman–Crippen MR) is 112 cm³/mol. The summed E-state index contributed by atoms with van der Waals surface area (Å²) in [5.74, 6) is -0.195. The average molecular weight is 429 g/mol. The molecule has 1 aliphatic heterocycles. The van der Waals surface area contributed by atoms with Crippen molar-refractivity contribution in [2.75, 3.05) is 18.4 Å². The van der Waals surface area contributed by atoms with Crippen LogP contribution in [0.25, 0.3) is 0 Å². The van der Waals surface area contributed by atoms with Gasteiger partial charge in [0.2, 0.25) is 5.91 Å². The third-order valence-electron chi connectivity index (χ3n) is 5.01.